The standard InChI is InChI=1S/C16H19N3O5S/c1-5-17-16-18(6-2)15(20)14(25-16)8-10-7-12(23-3)13(24-4)9-11(10)19(21)22/h7-9H,5-6H2,1-4H3/b14-8-,17-16?. The molecule has 0 aliphatic carbocycles. The zero-order valence-electron chi connectivity index (χ0n) is 14.4. The number of carbonyl (C=O) groups is 1. The first kappa shape index (κ1) is 18.8. The molecular formula is C16H19N3O5S. The lowest BCUT2D eigenvalue weighted by Crippen LogP contribution is -2.28. The number of nitro groups is 1. The summed E-state index contributed by atoms with van der Waals surface area (Å²) >= 11 is 1.21. The fourth-order valence-corrected chi connectivity index (χ4v) is 3.43. The van der Waals surface area contributed by atoms with Gasteiger partial charge in [0.25, 0.3) is 11.6 Å². The zero-order valence-corrected chi connectivity index (χ0v) is 15.3. The maximum Gasteiger partial charge on any atom is 0.280 e. The lowest BCUT2D eigenvalue weighted by Gasteiger charge is -2.11. The molecule has 1 aliphatic heterocycles. The molecule has 25 heavy (non-hydrogen) atoms. The largest absolute Gasteiger partial charge is 0.493 e. The quantitative estimate of drug-likeness (QED) is 0.437. The Balaban J connectivity index is 2.54. The third-order valence-corrected chi connectivity index (χ3v) is 4.56. The second-order valence-electron chi connectivity index (χ2n) is 4.94. The average molecular weight is 365 g/mol. The molecule has 2 rings (SSSR count). The predicted molar refractivity (Wildman–Crippen MR) is 97.1 cm³/mol. The Morgan fingerprint density at radius 2 is 1.92 bits per heavy atom. The molecule has 0 bridgehead atoms. The number of amidine groups is 1. The topological polar surface area (TPSA) is 94.3 Å². The van der Waals surface area contributed by atoms with E-state index in [1.165, 1.54) is 44.2 Å². The van der Waals surface area contributed by atoms with Gasteiger partial charge in [0.05, 0.1) is 35.7 Å². The summed E-state index contributed by atoms with van der Waals surface area (Å²) in [4.78, 5) is 29.6. The minimum Gasteiger partial charge on any atom is -0.493 e. The monoisotopic (exact) mass is 365 g/mol. The molecule has 0 N–H and O–H groups in total. The van der Waals surface area contributed by atoms with Crippen LogP contribution >= 0.6 is 11.8 Å². The summed E-state index contributed by atoms with van der Waals surface area (Å²) in [6.07, 6.45) is 1.49. The van der Waals surface area contributed by atoms with Crippen molar-refractivity contribution in [2.24, 2.45) is 4.99 Å². The number of carbonyl (C=O) groups excluding carboxylic acids is 1. The van der Waals surface area contributed by atoms with Gasteiger partial charge in [0.1, 0.15) is 0 Å². The van der Waals surface area contributed by atoms with E-state index in [9.17, 15) is 14.9 Å². The molecule has 1 aromatic rings. The van der Waals surface area contributed by atoms with Crippen molar-refractivity contribution in [3.8, 4) is 11.5 Å². The summed E-state index contributed by atoms with van der Waals surface area (Å²) < 4.78 is 10.3. The van der Waals surface area contributed by atoms with Crippen LogP contribution < -0.4 is 9.47 Å². The van der Waals surface area contributed by atoms with Crippen molar-refractivity contribution in [2.75, 3.05) is 27.3 Å². The van der Waals surface area contributed by atoms with E-state index in [1.807, 2.05) is 13.8 Å². The SMILES string of the molecule is CCN=C1S/C(=C\c2cc(OC)c(OC)cc2[N+](=O)[O-])C(=O)N1CC. The molecule has 134 valence electrons. The van der Waals surface area contributed by atoms with Gasteiger partial charge in [0.2, 0.25) is 0 Å². The van der Waals surface area contributed by atoms with Crippen LogP contribution in [0.4, 0.5) is 5.69 Å². The number of nitro benzene ring substituents is 1. The summed E-state index contributed by atoms with van der Waals surface area (Å²) in [7, 11) is 2.85. The minimum atomic E-state index is -0.517. The van der Waals surface area contributed by atoms with Crippen LogP contribution in [0.3, 0.4) is 0 Å². The van der Waals surface area contributed by atoms with E-state index in [-0.39, 0.29) is 22.9 Å². The minimum absolute atomic E-state index is 0.164. The molecule has 0 unspecified atom stereocenters. The first-order valence-corrected chi connectivity index (χ1v) is 8.44. The maximum absolute atomic E-state index is 12.5. The summed E-state index contributed by atoms with van der Waals surface area (Å²) in [6.45, 7) is 4.77. The molecule has 0 aromatic heterocycles. The Labute approximate surface area is 149 Å². The van der Waals surface area contributed by atoms with Crippen molar-refractivity contribution >= 4 is 34.6 Å². The number of benzene rings is 1. The number of hydrogen-bond acceptors (Lipinski definition) is 7. The summed E-state index contributed by atoms with van der Waals surface area (Å²) in [5, 5.41) is 12.0. The van der Waals surface area contributed by atoms with Crippen molar-refractivity contribution in [1.82, 2.24) is 4.90 Å². The van der Waals surface area contributed by atoms with Gasteiger partial charge >= 0.3 is 0 Å². The van der Waals surface area contributed by atoms with E-state index in [1.54, 1.807) is 4.90 Å². The summed E-state index contributed by atoms with van der Waals surface area (Å²) in [5.41, 5.74) is 0.106. The Hall–Kier alpha value is -2.55. The van der Waals surface area contributed by atoms with Gasteiger partial charge in [-0.25, -0.2) is 0 Å². The van der Waals surface area contributed by atoms with Gasteiger partial charge < -0.3 is 9.47 Å². The Morgan fingerprint density at radius 3 is 2.44 bits per heavy atom. The van der Waals surface area contributed by atoms with Crippen LogP contribution in [0.5, 0.6) is 11.5 Å². The molecule has 9 heteroatoms. The number of rotatable bonds is 6. The van der Waals surface area contributed by atoms with E-state index >= 15 is 0 Å². The molecule has 0 saturated carbocycles. The van der Waals surface area contributed by atoms with E-state index < -0.39 is 4.92 Å². The fraction of sp³-hybridized carbons (Fsp3) is 0.375. The lowest BCUT2D eigenvalue weighted by molar-refractivity contribution is -0.385. The molecule has 1 fully saturated rings. The Kier molecular flexibility index (Phi) is 6.02. The number of amides is 1. The highest BCUT2D eigenvalue weighted by molar-refractivity contribution is 8.18. The van der Waals surface area contributed by atoms with Crippen LogP contribution in [-0.2, 0) is 4.79 Å². The molecule has 8 nitrogen and oxygen atoms in total. The van der Waals surface area contributed by atoms with Crippen molar-refractivity contribution in [3.63, 3.8) is 0 Å². The van der Waals surface area contributed by atoms with E-state index in [0.29, 0.717) is 28.9 Å². The van der Waals surface area contributed by atoms with Gasteiger partial charge in [-0.15, -0.1) is 0 Å². The second kappa shape index (κ2) is 8.02. The highest BCUT2D eigenvalue weighted by Gasteiger charge is 2.32. The molecule has 1 aromatic carbocycles. The number of nitrogens with zero attached hydrogens (tertiary/aromatic N) is 3. The number of likely N-dealkylation sites (N-methyl/N-ethyl adjacent to an activating group) is 1. The summed E-state index contributed by atoms with van der Waals surface area (Å²) in [5.74, 6) is 0.388. The van der Waals surface area contributed by atoms with Gasteiger partial charge in [-0.3, -0.25) is 24.8 Å². The van der Waals surface area contributed by atoms with Gasteiger partial charge in [-0.1, -0.05) is 0 Å². The molecule has 1 aliphatic rings. The Morgan fingerprint density at radius 1 is 1.28 bits per heavy atom. The number of thioether (sulfide) groups is 1. The predicted octanol–water partition coefficient (Wildman–Crippen LogP) is 2.92. The average Bonchev–Trinajstić information content (AvgIpc) is 2.89. The van der Waals surface area contributed by atoms with E-state index in [2.05, 4.69) is 4.99 Å². The fourth-order valence-electron chi connectivity index (χ4n) is 2.34. The van der Waals surface area contributed by atoms with Gasteiger partial charge in [0.15, 0.2) is 16.7 Å². The van der Waals surface area contributed by atoms with Crippen LogP contribution in [0.2, 0.25) is 0 Å². The first-order valence-electron chi connectivity index (χ1n) is 7.63. The molecule has 1 saturated heterocycles. The Bertz CT molecular complexity index is 760. The summed E-state index contributed by atoms with van der Waals surface area (Å²) in [6, 6.07) is 2.77. The van der Waals surface area contributed by atoms with Crippen molar-refractivity contribution < 1.29 is 19.2 Å². The molecular weight excluding hydrogens is 346 g/mol. The number of ether oxygens (including phenoxy) is 2. The third-order valence-electron chi connectivity index (χ3n) is 3.51. The normalized spacial score (nSPS) is 17.4. The highest BCUT2D eigenvalue weighted by atomic mass is 32.2. The van der Waals surface area contributed by atoms with Gasteiger partial charge in [0, 0.05) is 13.1 Å². The number of methoxy groups -OCH3 is 2. The zero-order chi connectivity index (χ0) is 18.6. The van der Waals surface area contributed by atoms with Crippen LogP contribution in [0.25, 0.3) is 6.08 Å². The first-order chi connectivity index (χ1) is 12.0. The second-order valence-corrected chi connectivity index (χ2v) is 5.95. The lowest BCUT2D eigenvalue weighted by atomic mass is 10.1. The molecule has 0 spiro atoms. The van der Waals surface area contributed by atoms with Crippen molar-refractivity contribution in [3.05, 3.63) is 32.7 Å². The maximum atomic E-state index is 12.5. The molecule has 1 amide bonds. The van der Waals surface area contributed by atoms with Crippen LogP contribution in [0.1, 0.15) is 19.4 Å². The number of aliphatic imine (C=N–C) groups is 1. The molecule has 0 radical (unpaired) electrons. The van der Waals surface area contributed by atoms with Crippen molar-refractivity contribution in [2.45, 2.75) is 13.8 Å². The van der Waals surface area contributed by atoms with Crippen molar-refractivity contribution in [1.29, 1.82) is 0 Å². The number of hydrogen-bond donors (Lipinski definition) is 0. The van der Waals surface area contributed by atoms with Crippen LogP contribution in [0.15, 0.2) is 22.0 Å². The molecule has 0 atom stereocenters. The third kappa shape index (κ3) is 3.76. The van der Waals surface area contributed by atoms with Crippen LogP contribution in [0, 0.1) is 10.1 Å². The van der Waals surface area contributed by atoms with Crippen LogP contribution in [-0.4, -0.2) is 48.2 Å². The molecule has 1 heterocycles. The van der Waals surface area contributed by atoms with Gasteiger partial charge in [-0.2, -0.15) is 0 Å². The van der Waals surface area contributed by atoms with Gasteiger partial charge in [-0.05, 0) is 37.8 Å². The van der Waals surface area contributed by atoms with E-state index in [0.717, 1.165) is 0 Å². The highest BCUT2D eigenvalue weighted by Crippen LogP contribution is 2.38. The smallest absolute Gasteiger partial charge is 0.280 e. The van der Waals surface area contributed by atoms with E-state index in [4.69, 9.17) is 9.47 Å².